The largest absolute Gasteiger partial charge is 0.463 e. The number of nitrogens with one attached hydrogen (secondary N) is 1. The third-order valence-electron chi connectivity index (χ3n) is 5.24. The van der Waals surface area contributed by atoms with E-state index in [9.17, 15) is 9.59 Å². The number of thiazole rings is 1. The van der Waals surface area contributed by atoms with Gasteiger partial charge in [0.15, 0.2) is 4.80 Å². The summed E-state index contributed by atoms with van der Waals surface area (Å²) in [5.74, 6) is -0.437. The molecule has 1 N–H and O–H groups in total. The first-order chi connectivity index (χ1) is 15.1. The lowest BCUT2D eigenvalue weighted by Crippen LogP contribution is -2.39. The van der Waals surface area contributed by atoms with E-state index in [1.165, 1.54) is 22.7 Å². The molecule has 31 heavy (non-hydrogen) atoms. The minimum atomic E-state index is -0.541. The summed E-state index contributed by atoms with van der Waals surface area (Å²) in [7, 11) is 0. The molecule has 3 aromatic heterocycles. The number of allylic oxidation sites excluding steroid dienone is 1. The van der Waals surface area contributed by atoms with Crippen molar-refractivity contribution in [3.63, 3.8) is 0 Å². The second kappa shape index (κ2) is 7.79. The van der Waals surface area contributed by atoms with E-state index in [0.29, 0.717) is 20.6 Å². The Morgan fingerprint density at radius 3 is 2.90 bits per heavy atom. The van der Waals surface area contributed by atoms with E-state index in [4.69, 9.17) is 4.74 Å². The highest BCUT2D eigenvalue weighted by Gasteiger charge is 2.33. The zero-order valence-corrected chi connectivity index (χ0v) is 18.5. The van der Waals surface area contributed by atoms with Gasteiger partial charge in [-0.3, -0.25) is 9.36 Å². The van der Waals surface area contributed by atoms with Crippen molar-refractivity contribution < 1.29 is 9.53 Å². The number of para-hydroxylation sites is 1. The molecule has 0 bridgehead atoms. The van der Waals surface area contributed by atoms with Gasteiger partial charge in [0.1, 0.15) is 6.04 Å². The highest BCUT2D eigenvalue weighted by molar-refractivity contribution is 7.10. The number of rotatable bonds is 4. The first kappa shape index (κ1) is 19.7. The smallest absolute Gasteiger partial charge is 0.338 e. The minimum absolute atomic E-state index is 0.165. The van der Waals surface area contributed by atoms with Crippen LogP contribution in [0.15, 0.2) is 69.0 Å². The number of hydrogen-bond donors (Lipinski definition) is 1. The van der Waals surface area contributed by atoms with E-state index in [2.05, 4.69) is 9.98 Å². The van der Waals surface area contributed by atoms with Crippen LogP contribution >= 0.6 is 22.7 Å². The Bertz CT molecular complexity index is 1500. The number of nitrogens with zero attached hydrogens (tertiary/aromatic N) is 2. The van der Waals surface area contributed by atoms with Gasteiger partial charge in [0.25, 0.3) is 5.56 Å². The van der Waals surface area contributed by atoms with Gasteiger partial charge in [0, 0.05) is 27.5 Å². The molecule has 0 radical (unpaired) electrons. The van der Waals surface area contributed by atoms with Crippen molar-refractivity contribution >= 4 is 45.6 Å². The molecule has 8 heteroatoms. The molecule has 0 amide bonds. The average Bonchev–Trinajstić information content (AvgIpc) is 3.48. The minimum Gasteiger partial charge on any atom is -0.463 e. The highest BCUT2D eigenvalue weighted by Crippen LogP contribution is 2.33. The van der Waals surface area contributed by atoms with Crippen molar-refractivity contribution in [3.8, 4) is 0 Å². The maximum atomic E-state index is 13.5. The zero-order chi connectivity index (χ0) is 21.5. The average molecular weight is 450 g/mol. The molecule has 156 valence electrons. The lowest BCUT2D eigenvalue weighted by atomic mass is 10.0. The third kappa shape index (κ3) is 3.28. The molecule has 4 heterocycles. The second-order valence-electron chi connectivity index (χ2n) is 7.11. The van der Waals surface area contributed by atoms with E-state index < -0.39 is 12.0 Å². The van der Waals surface area contributed by atoms with Gasteiger partial charge in [-0.2, -0.15) is 0 Å². The van der Waals surface area contributed by atoms with Crippen molar-refractivity contribution in [2.75, 3.05) is 6.61 Å². The van der Waals surface area contributed by atoms with Crippen LogP contribution in [0, 0.1) is 0 Å². The van der Waals surface area contributed by atoms with Crippen LogP contribution in [0.2, 0.25) is 0 Å². The van der Waals surface area contributed by atoms with Gasteiger partial charge in [-0.05, 0) is 37.4 Å². The van der Waals surface area contributed by atoms with Crippen molar-refractivity contribution in [3.05, 3.63) is 89.4 Å². The maximum Gasteiger partial charge on any atom is 0.338 e. The molecule has 6 nitrogen and oxygen atoms in total. The summed E-state index contributed by atoms with van der Waals surface area (Å²) in [6.07, 6.45) is 3.78. The molecule has 1 aliphatic heterocycles. The van der Waals surface area contributed by atoms with Crippen LogP contribution in [0.4, 0.5) is 0 Å². The Morgan fingerprint density at radius 1 is 1.29 bits per heavy atom. The lowest BCUT2D eigenvalue weighted by molar-refractivity contribution is -0.139. The van der Waals surface area contributed by atoms with Gasteiger partial charge in [0.2, 0.25) is 0 Å². The zero-order valence-electron chi connectivity index (χ0n) is 16.9. The number of aromatic amines is 1. The number of benzene rings is 1. The first-order valence-electron chi connectivity index (χ1n) is 9.87. The maximum absolute atomic E-state index is 13.5. The topological polar surface area (TPSA) is 76.4 Å². The van der Waals surface area contributed by atoms with E-state index in [-0.39, 0.29) is 12.2 Å². The van der Waals surface area contributed by atoms with E-state index in [1.807, 2.05) is 54.1 Å². The molecule has 1 atom stereocenters. The molecule has 1 unspecified atom stereocenters. The van der Waals surface area contributed by atoms with Crippen molar-refractivity contribution in [1.82, 2.24) is 9.55 Å². The normalized spacial score (nSPS) is 16.5. The molecule has 0 aliphatic carbocycles. The number of thiophene rings is 1. The van der Waals surface area contributed by atoms with Crippen LogP contribution in [-0.4, -0.2) is 22.1 Å². The van der Waals surface area contributed by atoms with Gasteiger partial charge in [0.05, 0.1) is 22.4 Å². The summed E-state index contributed by atoms with van der Waals surface area (Å²) in [6.45, 7) is 3.83. The Labute approximate surface area is 185 Å². The molecular weight excluding hydrogens is 430 g/mol. The number of aromatic nitrogens is 2. The van der Waals surface area contributed by atoms with Crippen molar-refractivity contribution in [1.29, 1.82) is 0 Å². The molecule has 0 spiro atoms. The number of carbonyl (C=O) groups is 1. The number of carbonyl (C=O) groups excluding carboxylic acids is 1. The van der Waals surface area contributed by atoms with Crippen LogP contribution in [0.1, 0.15) is 30.3 Å². The van der Waals surface area contributed by atoms with E-state index in [0.717, 1.165) is 21.3 Å². The van der Waals surface area contributed by atoms with Crippen LogP contribution in [0.3, 0.4) is 0 Å². The Balaban J connectivity index is 1.73. The number of H-pyrrole nitrogens is 1. The Hall–Kier alpha value is -3.23. The molecule has 0 saturated heterocycles. The summed E-state index contributed by atoms with van der Waals surface area (Å²) < 4.78 is 7.49. The fraction of sp³-hybridized carbons (Fsp3) is 0.174. The second-order valence-corrected chi connectivity index (χ2v) is 9.10. The molecule has 0 saturated carbocycles. The van der Waals surface area contributed by atoms with Crippen LogP contribution in [0.25, 0.3) is 17.0 Å². The van der Waals surface area contributed by atoms with Crippen molar-refractivity contribution in [2.45, 2.75) is 19.9 Å². The summed E-state index contributed by atoms with van der Waals surface area (Å²) in [5.41, 5.74) is 2.78. The quantitative estimate of drug-likeness (QED) is 0.486. The molecule has 1 aliphatic rings. The number of fused-ring (bicyclic) bond motifs is 2. The van der Waals surface area contributed by atoms with E-state index in [1.54, 1.807) is 18.4 Å². The van der Waals surface area contributed by atoms with Gasteiger partial charge < -0.3 is 9.72 Å². The van der Waals surface area contributed by atoms with E-state index >= 15 is 0 Å². The lowest BCUT2D eigenvalue weighted by Gasteiger charge is -2.23. The Kier molecular flexibility index (Phi) is 4.95. The van der Waals surface area contributed by atoms with Crippen molar-refractivity contribution in [2.24, 2.45) is 4.99 Å². The van der Waals surface area contributed by atoms with Gasteiger partial charge in [-0.1, -0.05) is 35.6 Å². The summed E-state index contributed by atoms with van der Waals surface area (Å²) in [5, 5.41) is 2.99. The molecule has 1 aromatic carbocycles. The number of hydrogen-bond acceptors (Lipinski definition) is 6. The summed E-state index contributed by atoms with van der Waals surface area (Å²) in [4.78, 5) is 35.6. The fourth-order valence-corrected chi connectivity index (χ4v) is 5.72. The molecule has 0 fully saturated rings. The van der Waals surface area contributed by atoms with Crippen LogP contribution in [0.5, 0.6) is 0 Å². The van der Waals surface area contributed by atoms with Gasteiger partial charge >= 0.3 is 5.97 Å². The van der Waals surface area contributed by atoms with Gasteiger partial charge in [-0.25, -0.2) is 9.79 Å². The monoisotopic (exact) mass is 449 g/mol. The summed E-state index contributed by atoms with van der Waals surface area (Å²) in [6, 6.07) is 11.3. The first-order valence-corrected chi connectivity index (χ1v) is 11.6. The van der Waals surface area contributed by atoms with Crippen LogP contribution in [-0.2, 0) is 9.53 Å². The standard InChI is InChI=1S/C23H19N3O3S2/c1-3-29-22(28)19-13(2)25-23-26(20(19)17-9-6-10-30-17)21(27)18(31-23)11-14-12-24-16-8-5-4-7-15(14)16/h4-12,20,24H,3H2,1-2H3/b18-11-. The molecular formula is C23H19N3O3S2. The van der Waals surface area contributed by atoms with Gasteiger partial charge in [-0.15, -0.1) is 11.3 Å². The Morgan fingerprint density at radius 2 is 2.13 bits per heavy atom. The predicted molar refractivity (Wildman–Crippen MR) is 123 cm³/mol. The SMILES string of the molecule is CCOC(=O)C1=C(C)N=c2s/c(=C\c3c[nH]c4ccccc34)c(=O)n2C1c1cccs1. The number of esters is 1. The van der Waals surface area contributed by atoms with Crippen LogP contribution < -0.4 is 14.9 Å². The molecule has 5 rings (SSSR count). The third-order valence-corrected chi connectivity index (χ3v) is 7.15. The highest BCUT2D eigenvalue weighted by atomic mass is 32.1. The molecule has 4 aromatic rings. The summed E-state index contributed by atoms with van der Waals surface area (Å²) >= 11 is 2.84. The number of ether oxygens (including phenoxy) is 1. The predicted octanol–water partition coefficient (Wildman–Crippen LogP) is 3.34. The fourth-order valence-electron chi connectivity index (χ4n) is 3.86.